The Bertz CT molecular complexity index is 398. The van der Waals surface area contributed by atoms with Crippen LogP contribution in [0, 0.1) is 5.82 Å². The van der Waals surface area contributed by atoms with Crippen molar-refractivity contribution in [3.05, 3.63) is 27.7 Å². The summed E-state index contributed by atoms with van der Waals surface area (Å²) < 4.78 is 42.1. The van der Waals surface area contributed by atoms with Crippen LogP contribution in [0.3, 0.4) is 0 Å². The molecule has 82 valence electrons. The van der Waals surface area contributed by atoms with Crippen LogP contribution in [0.15, 0.2) is 10.8 Å². The van der Waals surface area contributed by atoms with Crippen LogP contribution in [0.4, 0.5) is 13.2 Å². The van der Waals surface area contributed by atoms with Gasteiger partial charge in [-0.2, -0.15) is 0 Å². The Hall–Kier alpha value is -1.11. The molecule has 0 radical (unpaired) electrons. The van der Waals surface area contributed by atoms with Gasteiger partial charge in [0.05, 0.1) is 18.9 Å². The molecule has 0 saturated heterocycles. The van der Waals surface area contributed by atoms with Gasteiger partial charge in [0.2, 0.25) is 0 Å². The van der Waals surface area contributed by atoms with Crippen molar-refractivity contribution in [1.82, 2.24) is 4.98 Å². The molecule has 0 saturated carbocycles. The Balaban J connectivity index is 3.45. The first-order valence-electron chi connectivity index (χ1n) is 3.69. The summed E-state index contributed by atoms with van der Waals surface area (Å²) in [6, 6.07) is 0. The fourth-order valence-electron chi connectivity index (χ4n) is 0.988. The average molecular weight is 284 g/mol. The number of esters is 1. The monoisotopic (exact) mass is 283 g/mol. The number of pyridine rings is 1. The zero-order valence-corrected chi connectivity index (χ0v) is 9.02. The first-order chi connectivity index (χ1) is 6.99. The molecule has 1 aromatic rings. The van der Waals surface area contributed by atoms with Crippen LogP contribution in [0.1, 0.15) is 22.3 Å². The van der Waals surface area contributed by atoms with Gasteiger partial charge in [0.15, 0.2) is 5.82 Å². The van der Waals surface area contributed by atoms with E-state index in [-0.39, 0.29) is 4.60 Å². The number of halogens is 4. The number of alkyl halides is 2. The molecule has 0 aromatic carbocycles. The summed E-state index contributed by atoms with van der Waals surface area (Å²) in [5, 5.41) is 0. The normalized spacial score (nSPS) is 10.5. The number of carbonyl (C=O) groups is 1. The molecule has 0 amide bonds. The van der Waals surface area contributed by atoms with E-state index >= 15 is 0 Å². The highest BCUT2D eigenvalue weighted by Gasteiger charge is 2.26. The van der Waals surface area contributed by atoms with E-state index in [9.17, 15) is 18.0 Å². The van der Waals surface area contributed by atoms with Gasteiger partial charge in [0.1, 0.15) is 10.2 Å². The minimum atomic E-state index is -3.02. The van der Waals surface area contributed by atoms with Crippen LogP contribution in [-0.4, -0.2) is 18.1 Å². The fourth-order valence-corrected chi connectivity index (χ4v) is 1.46. The van der Waals surface area contributed by atoms with E-state index in [0.29, 0.717) is 6.20 Å². The summed E-state index contributed by atoms with van der Waals surface area (Å²) in [4.78, 5) is 14.4. The maximum Gasteiger partial charge on any atom is 0.341 e. The molecule has 0 spiro atoms. The average Bonchev–Trinajstić information content (AvgIpc) is 2.19. The maximum absolute atomic E-state index is 13.1. The molecule has 7 heteroatoms. The molecule has 0 N–H and O–H groups in total. The second-order valence-electron chi connectivity index (χ2n) is 2.48. The molecular formula is C8H5BrF3NO2. The molecule has 0 aliphatic heterocycles. The Morgan fingerprint density at radius 3 is 2.67 bits per heavy atom. The smallest absolute Gasteiger partial charge is 0.341 e. The van der Waals surface area contributed by atoms with E-state index in [1.165, 1.54) is 0 Å². The molecular weight excluding hydrogens is 279 g/mol. The van der Waals surface area contributed by atoms with Crippen molar-refractivity contribution < 1.29 is 22.7 Å². The summed E-state index contributed by atoms with van der Waals surface area (Å²) in [7, 11) is 0.978. The Morgan fingerprint density at radius 1 is 1.60 bits per heavy atom. The first kappa shape index (κ1) is 12.0. The third-order valence-electron chi connectivity index (χ3n) is 1.63. The first-order valence-corrected chi connectivity index (χ1v) is 4.48. The topological polar surface area (TPSA) is 39.2 Å². The van der Waals surface area contributed by atoms with Crippen LogP contribution in [0.25, 0.3) is 0 Å². The van der Waals surface area contributed by atoms with Crippen molar-refractivity contribution in [3.8, 4) is 0 Å². The number of hydrogen-bond donors (Lipinski definition) is 0. The van der Waals surface area contributed by atoms with Crippen LogP contribution in [-0.2, 0) is 4.74 Å². The molecule has 0 aliphatic carbocycles. The third kappa shape index (κ3) is 2.28. The molecule has 3 nitrogen and oxygen atoms in total. The van der Waals surface area contributed by atoms with Crippen LogP contribution in [0.2, 0.25) is 0 Å². The summed E-state index contributed by atoms with van der Waals surface area (Å²) in [6.07, 6.45) is -2.35. The Morgan fingerprint density at radius 2 is 2.20 bits per heavy atom. The molecule has 0 aliphatic rings. The number of hydrogen-bond acceptors (Lipinski definition) is 3. The number of rotatable bonds is 2. The predicted molar refractivity (Wildman–Crippen MR) is 48.2 cm³/mol. The zero-order valence-electron chi connectivity index (χ0n) is 7.43. The highest BCUT2D eigenvalue weighted by Crippen LogP contribution is 2.30. The van der Waals surface area contributed by atoms with Crippen molar-refractivity contribution in [2.24, 2.45) is 0 Å². The molecule has 0 unspecified atom stereocenters. The Labute approximate surface area is 91.4 Å². The Kier molecular flexibility index (Phi) is 3.67. The van der Waals surface area contributed by atoms with Gasteiger partial charge in [-0.25, -0.2) is 22.9 Å². The van der Waals surface area contributed by atoms with E-state index in [2.05, 4.69) is 25.7 Å². The van der Waals surface area contributed by atoms with Gasteiger partial charge >= 0.3 is 5.97 Å². The molecule has 1 rings (SSSR count). The quantitative estimate of drug-likeness (QED) is 0.619. The van der Waals surface area contributed by atoms with E-state index in [1.54, 1.807) is 0 Å². The van der Waals surface area contributed by atoms with Gasteiger partial charge in [-0.05, 0) is 15.9 Å². The van der Waals surface area contributed by atoms with Crippen molar-refractivity contribution >= 4 is 21.9 Å². The summed E-state index contributed by atoms with van der Waals surface area (Å²) >= 11 is 2.71. The van der Waals surface area contributed by atoms with Gasteiger partial charge in [-0.15, -0.1) is 0 Å². The van der Waals surface area contributed by atoms with E-state index < -0.39 is 29.3 Å². The van der Waals surface area contributed by atoms with Gasteiger partial charge in [0.25, 0.3) is 6.43 Å². The van der Waals surface area contributed by atoms with Crippen molar-refractivity contribution in [2.45, 2.75) is 6.43 Å². The number of ether oxygens (including phenoxy) is 1. The summed E-state index contributed by atoms with van der Waals surface area (Å²) in [5.74, 6) is -2.30. The number of carbonyl (C=O) groups excluding carboxylic acids is 1. The second kappa shape index (κ2) is 4.61. The highest BCUT2D eigenvalue weighted by atomic mass is 79.9. The van der Waals surface area contributed by atoms with Gasteiger partial charge in [-0.3, -0.25) is 0 Å². The fraction of sp³-hybridized carbons (Fsp3) is 0.250. The molecule has 0 bridgehead atoms. The maximum atomic E-state index is 13.1. The van der Waals surface area contributed by atoms with Crippen molar-refractivity contribution in [2.75, 3.05) is 7.11 Å². The lowest BCUT2D eigenvalue weighted by Gasteiger charge is -2.08. The standard InChI is InChI=1S/C8H5BrF3NO2/c1-15-8(14)4-3(10)2-13-6(9)5(4)7(11)12/h2,7H,1H3. The molecule has 0 fully saturated rings. The zero-order chi connectivity index (χ0) is 11.6. The molecule has 0 atom stereocenters. The number of nitrogens with zero attached hydrogens (tertiary/aromatic N) is 1. The lowest BCUT2D eigenvalue weighted by molar-refractivity contribution is 0.0582. The summed E-state index contributed by atoms with van der Waals surface area (Å²) in [6.45, 7) is 0. The summed E-state index contributed by atoms with van der Waals surface area (Å²) in [5.41, 5.74) is -1.60. The van der Waals surface area contributed by atoms with Gasteiger partial charge in [0, 0.05) is 0 Å². The van der Waals surface area contributed by atoms with Crippen LogP contribution >= 0.6 is 15.9 Å². The molecule has 1 aromatic heterocycles. The van der Waals surface area contributed by atoms with E-state index in [4.69, 9.17) is 0 Å². The second-order valence-corrected chi connectivity index (χ2v) is 3.23. The van der Waals surface area contributed by atoms with Crippen molar-refractivity contribution in [3.63, 3.8) is 0 Å². The number of methoxy groups -OCH3 is 1. The SMILES string of the molecule is COC(=O)c1c(F)cnc(Br)c1C(F)F. The molecule has 1 heterocycles. The predicted octanol–water partition coefficient (Wildman–Crippen LogP) is 2.71. The molecule has 15 heavy (non-hydrogen) atoms. The third-order valence-corrected chi connectivity index (χ3v) is 2.26. The van der Waals surface area contributed by atoms with Crippen LogP contribution in [0.5, 0.6) is 0 Å². The van der Waals surface area contributed by atoms with Crippen molar-refractivity contribution in [1.29, 1.82) is 0 Å². The minimum Gasteiger partial charge on any atom is -0.465 e. The lowest BCUT2D eigenvalue weighted by Crippen LogP contribution is -2.11. The highest BCUT2D eigenvalue weighted by molar-refractivity contribution is 9.10. The van der Waals surface area contributed by atoms with E-state index in [0.717, 1.165) is 7.11 Å². The largest absolute Gasteiger partial charge is 0.465 e. The van der Waals surface area contributed by atoms with Gasteiger partial charge < -0.3 is 4.74 Å². The van der Waals surface area contributed by atoms with Gasteiger partial charge in [-0.1, -0.05) is 0 Å². The number of aromatic nitrogens is 1. The lowest BCUT2D eigenvalue weighted by atomic mass is 10.1. The van der Waals surface area contributed by atoms with E-state index in [1.807, 2.05) is 0 Å². The minimum absolute atomic E-state index is 0.278. The van der Waals surface area contributed by atoms with Crippen LogP contribution < -0.4 is 0 Å².